The highest BCUT2D eigenvalue weighted by Gasteiger charge is 2.19. The van der Waals surface area contributed by atoms with Crippen molar-refractivity contribution in [3.63, 3.8) is 0 Å². The molecule has 0 amide bonds. The van der Waals surface area contributed by atoms with E-state index in [4.69, 9.17) is 5.11 Å². The van der Waals surface area contributed by atoms with E-state index in [-0.39, 0.29) is 12.3 Å². The molecule has 0 saturated heterocycles. The van der Waals surface area contributed by atoms with Crippen molar-refractivity contribution in [1.29, 1.82) is 0 Å². The molecule has 0 aliphatic rings. The minimum atomic E-state index is -0.708. The van der Waals surface area contributed by atoms with E-state index >= 15 is 0 Å². The monoisotopic (exact) mass is 262 g/mol. The Bertz CT molecular complexity index is 433. The first kappa shape index (κ1) is 15.7. The van der Waals surface area contributed by atoms with Gasteiger partial charge in [0.15, 0.2) is 0 Å². The van der Waals surface area contributed by atoms with Gasteiger partial charge in [0.25, 0.3) is 0 Å². The minimum Gasteiger partial charge on any atom is -0.481 e. The fourth-order valence-electron chi connectivity index (χ4n) is 2.56. The first-order valence-corrected chi connectivity index (χ1v) is 7.13. The lowest BCUT2D eigenvalue weighted by Crippen LogP contribution is -2.11. The van der Waals surface area contributed by atoms with Crippen molar-refractivity contribution >= 4 is 5.97 Å². The predicted octanol–water partition coefficient (Wildman–Crippen LogP) is 4.72. The second-order valence-electron chi connectivity index (χ2n) is 6.20. The maximum atomic E-state index is 11.1. The second-order valence-corrected chi connectivity index (χ2v) is 6.20. The SMILES string of the molecule is Cc1ccc(C(C)C)cc1C(CC(=O)O)CC(C)C. The zero-order valence-electron chi connectivity index (χ0n) is 12.7. The lowest BCUT2D eigenvalue weighted by Gasteiger charge is -2.21. The zero-order valence-corrected chi connectivity index (χ0v) is 12.7. The van der Waals surface area contributed by atoms with Crippen LogP contribution < -0.4 is 0 Å². The standard InChI is InChI=1S/C17H26O2/c1-11(2)8-15(10-17(18)19)16-9-14(12(3)4)7-6-13(16)5/h6-7,9,11-12,15H,8,10H2,1-5H3,(H,18,19). The molecule has 19 heavy (non-hydrogen) atoms. The largest absolute Gasteiger partial charge is 0.481 e. The topological polar surface area (TPSA) is 37.3 Å². The maximum Gasteiger partial charge on any atom is 0.303 e. The Labute approximate surface area is 116 Å². The summed E-state index contributed by atoms with van der Waals surface area (Å²) in [4.78, 5) is 11.1. The number of aryl methyl sites for hydroxylation is 1. The van der Waals surface area contributed by atoms with Crippen LogP contribution in [0.3, 0.4) is 0 Å². The molecule has 0 aromatic heterocycles. The molecule has 1 aromatic rings. The van der Waals surface area contributed by atoms with Crippen LogP contribution in [0.2, 0.25) is 0 Å². The molecular weight excluding hydrogens is 236 g/mol. The average Bonchev–Trinajstić information content (AvgIpc) is 2.27. The van der Waals surface area contributed by atoms with Gasteiger partial charge in [-0.05, 0) is 47.8 Å². The third kappa shape index (κ3) is 4.70. The number of hydrogen-bond donors (Lipinski definition) is 1. The van der Waals surface area contributed by atoms with Gasteiger partial charge in [0, 0.05) is 0 Å². The third-order valence-corrected chi connectivity index (χ3v) is 3.59. The van der Waals surface area contributed by atoms with E-state index < -0.39 is 5.97 Å². The van der Waals surface area contributed by atoms with Crippen LogP contribution in [0.15, 0.2) is 18.2 Å². The Morgan fingerprint density at radius 1 is 1.21 bits per heavy atom. The first-order chi connectivity index (χ1) is 8.81. The molecule has 1 aromatic carbocycles. The summed E-state index contributed by atoms with van der Waals surface area (Å²) >= 11 is 0. The van der Waals surface area contributed by atoms with E-state index in [1.54, 1.807) is 0 Å². The van der Waals surface area contributed by atoms with Crippen LogP contribution in [0.1, 0.15) is 69.1 Å². The van der Waals surface area contributed by atoms with Crippen molar-refractivity contribution in [2.24, 2.45) is 5.92 Å². The Hall–Kier alpha value is -1.31. The highest BCUT2D eigenvalue weighted by molar-refractivity contribution is 5.68. The fraction of sp³-hybridized carbons (Fsp3) is 0.588. The van der Waals surface area contributed by atoms with Crippen molar-refractivity contribution in [3.8, 4) is 0 Å². The summed E-state index contributed by atoms with van der Waals surface area (Å²) in [5.41, 5.74) is 3.71. The minimum absolute atomic E-state index is 0.121. The summed E-state index contributed by atoms with van der Waals surface area (Å²) in [7, 11) is 0. The number of benzene rings is 1. The molecule has 1 rings (SSSR count). The summed E-state index contributed by atoms with van der Waals surface area (Å²) in [5.74, 6) is 0.395. The predicted molar refractivity (Wildman–Crippen MR) is 79.7 cm³/mol. The van der Waals surface area contributed by atoms with E-state index in [9.17, 15) is 4.79 Å². The summed E-state index contributed by atoms with van der Waals surface area (Å²) in [5, 5.41) is 9.13. The Kier molecular flexibility index (Phi) is 5.59. The van der Waals surface area contributed by atoms with E-state index in [1.807, 2.05) is 0 Å². The van der Waals surface area contributed by atoms with Crippen molar-refractivity contribution in [2.75, 3.05) is 0 Å². The van der Waals surface area contributed by atoms with Crippen molar-refractivity contribution in [2.45, 2.75) is 59.3 Å². The number of rotatable bonds is 6. The van der Waals surface area contributed by atoms with E-state index in [2.05, 4.69) is 52.8 Å². The summed E-state index contributed by atoms with van der Waals surface area (Å²) in [6.07, 6.45) is 1.15. The molecule has 0 aliphatic carbocycles. The third-order valence-electron chi connectivity index (χ3n) is 3.59. The van der Waals surface area contributed by atoms with Gasteiger partial charge in [-0.15, -0.1) is 0 Å². The number of carbonyl (C=O) groups is 1. The van der Waals surface area contributed by atoms with Crippen LogP contribution in [0.4, 0.5) is 0 Å². The molecule has 0 spiro atoms. The maximum absolute atomic E-state index is 11.1. The van der Waals surface area contributed by atoms with Gasteiger partial charge in [0.2, 0.25) is 0 Å². The molecule has 0 radical (unpaired) electrons. The van der Waals surface area contributed by atoms with Crippen LogP contribution >= 0.6 is 0 Å². The van der Waals surface area contributed by atoms with Crippen molar-refractivity contribution < 1.29 is 9.90 Å². The normalized spacial score (nSPS) is 13.0. The highest BCUT2D eigenvalue weighted by atomic mass is 16.4. The summed E-state index contributed by atoms with van der Waals surface area (Å²) < 4.78 is 0. The Morgan fingerprint density at radius 2 is 1.84 bits per heavy atom. The lowest BCUT2D eigenvalue weighted by molar-refractivity contribution is -0.137. The van der Waals surface area contributed by atoms with Gasteiger partial charge in [-0.25, -0.2) is 0 Å². The molecule has 0 aliphatic heterocycles. The van der Waals surface area contributed by atoms with Gasteiger partial charge in [0.05, 0.1) is 6.42 Å². The van der Waals surface area contributed by atoms with Crippen molar-refractivity contribution in [1.82, 2.24) is 0 Å². The molecule has 106 valence electrons. The molecule has 0 heterocycles. The van der Waals surface area contributed by atoms with Crippen LogP contribution in [-0.2, 0) is 4.79 Å². The van der Waals surface area contributed by atoms with Gasteiger partial charge in [-0.1, -0.05) is 45.9 Å². The molecule has 2 heteroatoms. The number of hydrogen-bond acceptors (Lipinski definition) is 1. The van der Waals surface area contributed by atoms with Crippen LogP contribution in [0, 0.1) is 12.8 Å². The van der Waals surface area contributed by atoms with E-state index in [1.165, 1.54) is 16.7 Å². The molecule has 0 fully saturated rings. The number of carboxylic acid groups (broad SMARTS) is 1. The fourth-order valence-corrected chi connectivity index (χ4v) is 2.56. The quantitative estimate of drug-likeness (QED) is 0.805. The smallest absolute Gasteiger partial charge is 0.303 e. The van der Waals surface area contributed by atoms with Gasteiger partial charge < -0.3 is 5.11 Å². The van der Waals surface area contributed by atoms with E-state index in [0.717, 1.165) is 6.42 Å². The van der Waals surface area contributed by atoms with Gasteiger partial charge in [0.1, 0.15) is 0 Å². The molecule has 1 unspecified atom stereocenters. The molecule has 1 atom stereocenters. The van der Waals surface area contributed by atoms with Gasteiger partial charge in [-0.2, -0.15) is 0 Å². The number of aliphatic carboxylic acids is 1. The molecule has 1 N–H and O–H groups in total. The number of carboxylic acids is 1. The first-order valence-electron chi connectivity index (χ1n) is 7.13. The van der Waals surface area contributed by atoms with Gasteiger partial charge in [-0.3, -0.25) is 4.79 Å². The Balaban J connectivity index is 3.12. The van der Waals surface area contributed by atoms with Crippen LogP contribution in [0.5, 0.6) is 0 Å². The van der Waals surface area contributed by atoms with Gasteiger partial charge >= 0.3 is 5.97 Å². The Morgan fingerprint density at radius 3 is 2.32 bits per heavy atom. The average molecular weight is 262 g/mol. The molecular formula is C17H26O2. The van der Waals surface area contributed by atoms with Crippen LogP contribution in [-0.4, -0.2) is 11.1 Å². The van der Waals surface area contributed by atoms with Crippen molar-refractivity contribution in [3.05, 3.63) is 34.9 Å². The lowest BCUT2D eigenvalue weighted by atomic mass is 9.83. The zero-order chi connectivity index (χ0) is 14.6. The molecule has 0 saturated carbocycles. The highest BCUT2D eigenvalue weighted by Crippen LogP contribution is 2.31. The van der Waals surface area contributed by atoms with E-state index in [0.29, 0.717) is 11.8 Å². The molecule has 2 nitrogen and oxygen atoms in total. The van der Waals surface area contributed by atoms with Crippen LogP contribution in [0.25, 0.3) is 0 Å². The second kappa shape index (κ2) is 6.74. The summed E-state index contributed by atoms with van der Waals surface area (Å²) in [6, 6.07) is 6.48. The molecule has 0 bridgehead atoms. The summed E-state index contributed by atoms with van der Waals surface area (Å²) in [6.45, 7) is 10.7.